The van der Waals surface area contributed by atoms with Gasteiger partial charge in [0.1, 0.15) is 5.52 Å². The van der Waals surface area contributed by atoms with Gasteiger partial charge in [-0.05, 0) is 49.6 Å². The van der Waals surface area contributed by atoms with E-state index in [0.29, 0.717) is 29.3 Å². The van der Waals surface area contributed by atoms with Gasteiger partial charge in [0.05, 0.1) is 26.4 Å². The van der Waals surface area contributed by atoms with E-state index in [1.807, 2.05) is 13.0 Å². The maximum absolute atomic E-state index is 12.0. The van der Waals surface area contributed by atoms with Crippen molar-refractivity contribution in [3.05, 3.63) is 47.5 Å². The maximum Gasteiger partial charge on any atom is 0.340 e. The molecule has 2 heterocycles. The van der Waals surface area contributed by atoms with Crippen LogP contribution in [0, 0.1) is 0 Å². The largest absolute Gasteiger partial charge is 0.493 e. The van der Waals surface area contributed by atoms with E-state index in [4.69, 9.17) is 18.6 Å². The summed E-state index contributed by atoms with van der Waals surface area (Å²) < 4.78 is 21.7. The van der Waals surface area contributed by atoms with Crippen molar-refractivity contribution >= 4 is 23.1 Å². The molecule has 1 saturated heterocycles. The number of methoxy groups -OCH3 is 2. The number of hydrogen-bond donors (Lipinski definition) is 1. The van der Waals surface area contributed by atoms with Crippen molar-refractivity contribution in [1.82, 2.24) is 9.88 Å². The fraction of sp³-hybridized carbons (Fsp3) is 0.417. The zero-order valence-electron chi connectivity index (χ0n) is 18.7. The molecule has 3 aromatic rings. The standard InChI is InChI=1S/C24H29N3O5/c1-4-31-21-14-16(8-9-19(21)29-2)15-27-12-10-17(11-13-27)25-24-26-22-18(23(28)30-3)6-5-7-20(22)32-24/h5-9,14,17H,4,10-13,15H2,1-3H3,(H,25,26). The zero-order valence-corrected chi connectivity index (χ0v) is 18.7. The average Bonchev–Trinajstić information content (AvgIpc) is 3.23. The van der Waals surface area contributed by atoms with E-state index in [1.54, 1.807) is 25.3 Å². The van der Waals surface area contributed by atoms with Gasteiger partial charge in [0.25, 0.3) is 6.01 Å². The number of hydrogen-bond acceptors (Lipinski definition) is 8. The number of fused-ring (bicyclic) bond motifs is 1. The number of likely N-dealkylation sites (tertiary alicyclic amines) is 1. The molecule has 0 radical (unpaired) electrons. The fourth-order valence-corrected chi connectivity index (χ4v) is 4.04. The molecule has 0 aliphatic carbocycles. The first kappa shape index (κ1) is 22.0. The summed E-state index contributed by atoms with van der Waals surface area (Å²) in [5.41, 5.74) is 2.69. The number of nitrogens with zero attached hydrogens (tertiary/aromatic N) is 2. The van der Waals surface area contributed by atoms with Crippen LogP contribution in [0.2, 0.25) is 0 Å². The summed E-state index contributed by atoms with van der Waals surface area (Å²) in [6, 6.07) is 12.1. The van der Waals surface area contributed by atoms with Crippen LogP contribution < -0.4 is 14.8 Å². The SMILES string of the molecule is CCOc1cc(CN2CCC(Nc3nc4c(C(=O)OC)cccc4o3)CC2)ccc1OC. The van der Waals surface area contributed by atoms with Gasteiger partial charge in [0.2, 0.25) is 0 Å². The molecule has 1 aliphatic heterocycles. The number of carbonyl (C=O) groups excluding carboxylic acids is 1. The van der Waals surface area contributed by atoms with E-state index in [0.717, 1.165) is 44.0 Å². The van der Waals surface area contributed by atoms with Gasteiger partial charge in [0, 0.05) is 25.7 Å². The van der Waals surface area contributed by atoms with Crippen LogP contribution in [-0.2, 0) is 11.3 Å². The third kappa shape index (κ3) is 4.80. The number of esters is 1. The molecule has 170 valence electrons. The Bertz CT molecular complexity index is 1070. The molecule has 1 aromatic heterocycles. The fourth-order valence-electron chi connectivity index (χ4n) is 4.04. The van der Waals surface area contributed by atoms with Gasteiger partial charge in [-0.2, -0.15) is 4.98 Å². The number of piperidine rings is 1. The molecule has 0 atom stereocenters. The van der Waals surface area contributed by atoms with E-state index in [1.165, 1.54) is 12.7 Å². The second-order valence-electron chi connectivity index (χ2n) is 7.78. The number of oxazole rings is 1. The first-order valence-corrected chi connectivity index (χ1v) is 10.9. The molecular weight excluding hydrogens is 410 g/mol. The Kier molecular flexibility index (Phi) is 6.80. The van der Waals surface area contributed by atoms with E-state index >= 15 is 0 Å². The summed E-state index contributed by atoms with van der Waals surface area (Å²) in [5, 5.41) is 3.39. The Hall–Kier alpha value is -3.26. The first-order valence-electron chi connectivity index (χ1n) is 10.9. The van der Waals surface area contributed by atoms with Crippen LogP contribution in [-0.4, -0.2) is 55.8 Å². The molecule has 32 heavy (non-hydrogen) atoms. The zero-order chi connectivity index (χ0) is 22.5. The number of carbonyl (C=O) groups is 1. The Morgan fingerprint density at radius 3 is 2.72 bits per heavy atom. The Morgan fingerprint density at radius 1 is 1.19 bits per heavy atom. The van der Waals surface area contributed by atoms with Crippen LogP contribution in [0.3, 0.4) is 0 Å². The second kappa shape index (κ2) is 9.91. The lowest BCUT2D eigenvalue weighted by atomic mass is 10.0. The lowest BCUT2D eigenvalue weighted by Crippen LogP contribution is -2.38. The summed E-state index contributed by atoms with van der Waals surface area (Å²) in [6.45, 7) is 5.36. The van der Waals surface area contributed by atoms with Crippen LogP contribution >= 0.6 is 0 Å². The van der Waals surface area contributed by atoms with Crippen molar-refractivity contribution in [3.8, 4) is 11.5 Å². The smallest absolute Gasteiger partial charge is 0.340 e. The summed E-state index contributed by atoms with van der Waals surface area (Å²) >= 11 is 0. The highest BCUT2D eigenvalue weighted by atomic mass is 16.5. The van der Waals surface area contributed by atoms with Gasteiger partial charge >= 0.3 is 5.97 Å². The molecule has 0 unspecified atom stereocenters. The van der Waals surface area contributed by atoms with Crippen LogP contribution in [0.5, 0.6) is 11.5 Å². The van der Waals surface area contributed by atoms with Crippen molar-refractivity contribution in [2.24, 2.45) is 0 Å². The van der Waals surface area contributed by atoms with Gasteiger partial charge in [-0.25, -0.2) is 4.79 Å². The highest BCUT2D eigenvalue weighted by molar-refractivity contribution is 6.01. The molecule has 8 heteroatoms. The molecule has 0 amide bonds. The number of nitrogens with one attached hydrogen (secondary N) is 1. The summed E-state index contributed by atoms with van der Waals surface area (Å²) in [4.78, 5) is 18.9. The predicted molar refractivity (Wildman–Crippen MR) is 121 cm³/mol. The summed E-state index contributed by atoms with van der Waals surface area (Å²) in [5.74, 6) is 1.12. The molecule has 1 N–H and O–H groups in total. The molecule has 1 aliphatic rings. The second-order valence-corrected chi connectivity index (χ2v) is 7.78. The minimum absolute atomic E-state index is 0.260. The molecular formula is C24H29N3O5. The Balaban J connectivity index is 1.35. The number of para-hydroxylation sites is 1. The number of aromatic nitrogens is 1. The molecule has 4 rings (SSSR count). The van der Waals surface area contributed by atoms with Gasteiger partial charge in [0.15, 0.2) is 17.1 Å². The lowest BCUT2D eigenvalue weighted by Gasteiger charge is -2.32. The van der Waals surface area contributed by atoms with Crippen molar-refractivity contribution < 1.29 is 23.4 Å². The van der Waals surface area contributed by atoms with Crippen molar-refractivity contribution in [3.63, 3.8) is 0 Å². The molecule has 8 nitrogen and oxygen atoms in total. The quantitative estimate of drug-likeness (QED) is 0.525. The monoisotopic (exact) mass is 439 g/mol. The number of anilines is 1. The lowest BCUT2D eigenvalue weighted by molar-refractivity contribution is 0.0602. The van der Waals surface area contributed by atoms with Crippen molar-refractivity contribution in [1.29, 1.82) is 0 Å². The normalized spacial score (nSPS) is 15.0. The van der Waals surface area contributed by atoms with E-state index in [9.17, 15) is 4.79 Å². The first-order chi connectivity index (χ1) is 15.6. The number of benzene rings is 2. The van der Waals surface area contributed by atoms with Crippen LogP contribution in [0.4, 0.5) is 6.01 Å². The van der Waals surface area contributed by atoms with Crippen LogP contribution in [0.1, 0.15) is 35.7 Å². The third-order valence-corrected chi connectivity index (χ3v) is 5.67. The Labute approximate surface area is 187 Å². The summed E-state index contributed by atoms with van der Waals surface area (Å²) in [6.07, 6.45) is 1.94. The molecule has 0 spiro atoms. The molecule has 0 bridgehead atoms. The van der Waals surface area contributed by atoms with Crippen LogP contribution in [0.15, 0.2) is 40.8 Å². The Morgan fingerprint density at radius 2 is 2.00 bits per heavy atom. The molecule has 0 saturated carbocycles. The predicted octanol–water partition coefficient (Wildman–Crippen LogP) is 4.10. The van der Waals surface area contributed by atoms with E-state index in [-0.39, 0.29) is 6.04 Å². The number of rotatable bonds is 8. The topological polar surface area (TPSA) is 86.1 Å². The van der Waals surface area contributed by atoms with Gasteiger partial charge in [-0.1, -0.05) is 12.1 Å². The van der Waals surface area contributed by atoms with E-state index < -0.39 is 5.97 Å². The minimum Gasteiger partial charge on any atom is -0.493 e. The van der Waals surface area contributed by atoms with Gasteiger partial charge < -0.3 is 23.9 Å². The van der Waals surface area contributed by atoms with Crippen LogP contribution in [0.25, 0.3) is 11.1 Å². The van der Waals surface area contributed by atoms with Gasteiger partial charge in [-0.3, -0.25) is 4.90 Å². The van der Waals surface area contributed by atoms with Crippen molar-refractivity contribution in [2.45, 2.75) is 32.4 Å². The third-order valence-electron chi connectivity index (χ3n) is 5.67. The van der Waals surface area contributed by atoms with E-state index in [2.05, 4.69) is 27.3 Å². The van der Waals surface area contributed by atoms with Crippen molar-refractivity contribution in [2.75, 3.05) is 39.2 Å². The highest BCUT2D eigenvalue weighted by Gasteiger charge is 2.22. The molecule has 2 aromatic carbocycles. The van der Waals surface area contributed by atoms with Gasteiger partial charge in [-0.15, -0.1) is 0 Å². The summed E-state index contributed by atoms with van der Waals surface area (Å²) in [7, 11) is 3.01. The molecule has 1 fully saturated rings. The average molecular weight is 440 g/mol. The highest BCUT2D eigenvalue weighted by Crippen LogP contribution is 2.29. The number of ether oxygens (including phenoxy) is 3. The minimum atomic E-state index is -0.421. The maximum atomic E-state index is 12.0.